The number of ether oxygens (including phenoxy) is 1. The van der Waals surface area contributed by atoms with Crippen LogP contribution in [0.25, 0.3) is 5.43 Å². The summed E-state index contributed by atoms with van der Waals surface area (Å²) in [4.78, 5) is 9.20. The molecule has 1 aromatic rings. The number of hydrogen-bond acceptors (Lipinski definition) is 6. The summed E-state index contributed by atoms with van der Waals surface area (Å²) < 4.78 is 6.42. The molecule has 0 saturated carbocycles. The van der Waals surface area contributed by atoms with E-state index in [1.54, 1.807) is 6.20 Å². The number of allylic oxidation sites excluding steroid dienone is 1. The molecular formula is C23H33N6O-. The Morgan fingerprint density at radius 2 is 2.27 bits per heavy atom. The molecule has 0 spiro atoms. The van der Waals surface area contributed by atoms with Crippen molar-refractivity contribution >= 4 is 6.21 Å². The van der Waals surface area contributed by atoms with Gasteiger partial charge < -0.3 is 26.2 Å². The van der Waals surface area contributed by atoms with Crippen LogP contribution in [0.1, 0.15) is 30.4 Å². The maximum atomic E-state index is 6.42. The third kappa shape index (κ3) is 5.15. The van der Waals surface area contributed by atoms with Gasteiger partial charge in [-0.3, -0.25) is 9.89 Å². The van der Waals surface area contributed by atoms with Crippen molar-refractivity contribution in [1.29, 1.82) is 0 Å². The van der Waals surface area contributed by atoms with Crippen LogP contribution in [0.5, 0.6) is 5.75 Å². The lowest BCUT2D eigenvalue weighted by Gasteiger charge is -2.34. The van der Waals surface area contributed by atoms with Gasteiger partial charge in [-0.2, -0.15) is 6.20 Å². The predicted octanol–water partition coefficient (Wildman–Crippen LogP) is 2.55. The molecule has 3 aliphatic rings. The quantitative estimate of drug-likeness (QED) is 0.723. The minimum atomic E-state index is 0.324. The molecule has 162 valence electrons. The summed E-state index contributed by atoms with van der Waals surface area (Å²) in [6, 6.07) is 6.81. The topological polar surface area (TPSA) is 80.2 Å². The maximum absolute atomic E-state index is 6.42. The van der Waals surface area contributed by atoms with Gasteiger partial charge in [-0.05, 0) is 56.5 Å². The lowest BCUT2D eigenvalue weighted by Crippen LogP contribution is -2.38. The number of hydrogen-bond donors (Lipinski definition) is 2. The molecule has 7 nitrogen and oxygen atoms in total. The van der Waals surface area contributed by atoms with Gasteiger partial charge in [0.05, 0.1) is 18.4 Å². The summed E-state index contributed by atoms with van der Waals surface area (Å²) >= 11 is 0. The number of rotatable bonds is 7. The lowest BCUT2D eigenvalue weighted by atomic mass is 9.98. The second kappa shape index (κ2) is 10.5. The van der Waals surface area contributed by atoms with Gasteiger partial charge in [0.1, 0.15) is 12.4 Å². The zero-order valence-electron chi connectivity index (χ0n) is 17.7. The lowest BCUT2D eigenvalue weighted by molar-refractivity contribution is 0.190. The first-order valence-corrected chi connectivity index (χ1v) is 11.1. The summed E-state index contributed by atoms with van der Waals surface area (Å²) in [7, 11) is 0. The van der Waals surface area contributed by atoms with Gasteiger partial charge in [0.15, 0.2) is 0 Å². The van der Waals surface area contributed by atoms with Gasteiger partial charge in [0.25, 0.3) is 0 Å². The number of aliphatic imine (C=N–C) groups is 1. The fourth-order valence-electron chi connectivity index (χ4n) is 4.40. The van der Waals surface area contributed by atoms with Crippen molar-refractivity contribution in [1.82, 2.24) is 15.2 Å². The van der Waals surface area contributed by atoms with Crippen molar-refractivity contribution < 1.29 is 4.74 Å². The SMILES string of the molecule is NCCCN1CCc2cccc(OCC3CCCN3/C3=C/C=NCC=C[N-]N3)c2C1. The van der Waals surface area contributed by atoms with Crippen LogP contribution in [0.15, 0.2) is 47.4 Å². The summed E-state index contributed by atoms with van der Waals surface area (Å²) in [6.45, 7) is 6.18. The third-order valence-electron chi connectivity index (χ3n) is 6.01. The summed E-state index contributed by atoms with van der Waals surface area (Å²) in [5, 5.41) is 0. The molecular weight excluding hydrogens is 376 g/mol. The van der Waals surface area contributed by atoms with E-state index in [0.29, 0.717) is 19.2 Å². The van der Waals surface area contributed by atoms with Crippen LogP contribution < -0.4 is 15.9 Å². The van der Waals surface area contributed by atoms with Gasteiger partial charge in [0.2, 0.25) is 0 Å². The standard InChI is InChI=1S/C23H33N6O/c24-10-3-14-28-16-9-19-5-1-7-22(21(19)17-28)30-18-20-6-2-15-29(20)23-8-13-25-11-4-12-26-27-23/h1,4-5,7-8,12-13,20,27H,2-3,6,9-11,14-18,24H2/q-1/b12-4?,23-8+,25-13?. The first-order valence-electron chi connectivity index (χ1n) is 11.1. The molecule has 1 saturated heterocycles. The zero-order chi connectivity index (χ0) is 20.6. The van der Waals surface area contributed by atoms with Crippen LogP contribution in [0.2, 0.25) is 0 Å². The van der Waals surface area contributed by atoms with E-state index in [9.17, 15) is 0 Å². The summed E-state index contributed by atoms with van der Waals surface area (Å²) in [6.07, 6.45) is 12.0. The van der Waals surface area contributed by atoms with E-state index in [4.69, 9.17) is 10.5 Å². The Hall–Kier alpha value is -2.51. The Labute approximate surface area is 179 Å². The highest BCUT2D eigenvalue weighted by atomic mass is 16.5. The minimum Gasteiger partial charge on any atom is -0.603 e. The zero-order valence-corrected chi connectivity index (χ0v) is 17.7. The van der Waals surface area contributed by atoms with E-state index in [2.05, 4.69) is 43.8 Å². The second-order valence-electron chi connectivity index (χ2n) is 8.05. The Morgan fingerprint density at radius 1 is 1.30 bits per heavy atom. The average molecular weight is 410 g/mol. The Morgan fingerprint density at radius 3 is 3.20 bits per heavy atom. The van der Waals surface area contributed by atoms with Crippen LogP contribution >= 0.6 is 0 Å². The van der Waals surface area contributed by atoms with Crippen LogP contribution in [-0.4, -0.2) is 61.4 Å². The van der Waals surface area contributed by atoms with Crippen LogP contribution in [-0.2, 0) is 13.0 Å². The molecule has 1 atom stereocenters. The number of benzene rings is 1. The fraction of sp³-hybridized carbons (Fsp3) is 0.522. The number of nitrogens with two attached hydrogens (primary N) is 1. The number of nitrogens with zero attached hydrogens (tertiary/aromatic N) is 4. The van der Waals surface area contributed by atoms with Crippen molar-refractivity contribution in [3.8, 4) is 5.75 Å². The Balaban J connectivity index is 1.41. The summed E-state index contributed by atoms with van der Waals surface area (Å²) in [5.74, 6) is 2.02. The van der Waals surface area contributed by atoms with Crippen molar-refractivity contribution in [2.45, 2.75) is 38.3 Å². The van der Waals surface area contributed by atoms with Gasteiger partial charge in [-0.25, -0.2) is 0 Å². The van der Waals surface area contributed by atoms with E-state index < -0.39 is 0 Å². The van der Waals surface area contributed by atoms with Crippen molar-refractivity contribution in [3.63, 3.8) is 0 Å². The molecule has 0 aromatic heterocycles. The van der Waals surface area contributed by atoms with Crippen LogP contribution in [0.3, 0.4) is 0 Å². The first-order chi connectivity index (χ1) is 14.8. The van der Waals surface area contributed by atoms with Crippen molar-refractivity contribution in [2.75, 3.05) is 39.3 Å². The van der Waals surface area contributed by atoms with Crippen LogP contribution in [0, 0.1) is 0 Å². The van der Waals surface area contributed by atoms with E-state index in [-0.39, 0.29) is 0 Å². The predicted molar refractivity (Wildman–Crippen MR) is 121 cm³/mol. The number of nitrogens with one attached hydrogen (secondary N) is 1. The minimum absolute atomic E-state index is 0.324. The fourth-order valence-corrected chi connectivity index (χ4v) is 4.40. The molecule has 0 amide bonds. The van der Waals surface area contributed by atoms with E-state index in [1.807, 2.05) is 18.4 Å². The maximum Gasteiger partial charge on any atom is 0.124 e. The highest BCUT2D eigenvalue weighted by Gasteiger charge is 2.27. The second-order valence-corrected chi connectivity index (χ2v) is 8.05. The molecule has 3 N–H and O–H groups in total. The average Bonchev–Trinajstić information content (AvgIpc) is 3.28. The smallest absolute Gasteiger partial charge is 0.124 e. The van der Waals surface area contributed by atoms with Crippen LogP contribution in [0.4, 0.5) is 0 Å². The molecule has 1 aromatic carbocycles. The monoisotopic (exact) mass is 409 g/mol. The molecule has 7 heteroatoms. The molecule has 4 rings (SSSR count). The molecule has 0 aliphatic carbocycles. The van der Waals surface area contributed by atoms with E-state index in [1.165, 1.54) is 11.1 Å². The Kier molecular flexibility index (Phi) is 7.26. The number of likely N-dealkylation sites (tertiary alicyclic amines) is 1. The molecule has 0 bridgehead atoms. The van der Waals surface area contributed by atoms with Crippen molar-refractivity contribution in [2.24, 2.45) is 10.7 Å². The van der Waals surface area contributed by atoms with Gasteiger partial charge in [-0.1, -0.05) is 18.2 Å². The molecule has 3 aliphatic heterocycles. The first kappa shape index (κ1) is 20.8. The summed E-state index contributed by atoms with van der Waals surface area (Å²) in [5.41, 5.74) is 15.9. The van der Waals surface area contributed by atoms with E-state index >= 15 is 0 Å². The highest BCUT2D eigenvalue weighted by Crippen LogP contribution is 2.30. The van der Waals surface area contributed by atoms with Gasteiger partial charge in [0, 0.05) is 31.4 Å². The van der Waals surface area contributed by atoms with Gasteiger partial charge in [-0.15, -0.1) is 0 Å². The van der Waals surface area contributed by atoms with Crippen molar-refractivity contribution in [3.05, 3.63) is 58.9 Å². The molecule has 1 fully saturated rings. The van der Waals surface area contributed by atoms with E-state index in [0.717, 1.165) is 70.0 Å². The normalized spacial score (nSPS) is 23.4. The third-order valence-corrected chi connectivity index (χ3v) is 6.01. The number of fused-ring (bicyclic) bond motifs is 1. The Bertz CT molecular complexity index is 790. The molecule has 0 radical (unpaired) electrons. The molecule has 30 heavy (non-hydrogen) atoms. The molecule has 1 unspecified atom stereocenters. The molecule has 3 heterocycles. The highest BCUT2D eigenvalue weighted by molar-refractivity contribution is 5.72. The van der Waals surface area contributed by atoms with Gasteiger partial charge >= 0.3 is 0 Å². The largest absolute Gasteiger partial charge is 0.603 e.